The molecule has 0 bridgehead atoms. The fourth-order valence-electron chi connectivity index (χ4n) is 3.02. The average Bonchev–Trinajstić information content (AvgIpc) is 2.61. The minimum atomic E-state index is -0.631. The highest BCUT2D eigenvalue weighted by atomic mass is 19.1. The van der Waals surface area contributed by atoms with Gasteiger partial charge in [0, 0.05) is 23.2 Å². The van der Waals surface area contributed by atoms with Crippen LogP contribution in [0.3, 0.4) is 0 Å². The third-order valence-corrected chi connectivity index (χ3v) is 4.25. The topological polar surface area (TPSA) is 46.6 Å². The molecule has 2 rings (SSSR count). The van der Waals surface area contributed by atoms with Crippen LogP contribution in [0.15, 0.2) is 48.5 Å². The lowest BCUT2D eigenvalue weighted by Gasteiger charge is -2.33. The van der Waals surface area contributed by atoms with Crippen molar-refractivity contribution < 1.29 is 18.7 Å². The molecule has 0 radical (unpaired) electrons. The number of nitrogens with zero attached hydrogens (tertiary/aromatic N) is 1. The zero-order valence-corrected chi connectivity index (χ0v) is 16.4. The highest BCUT2D eigenvalue weighted by molar-refractivity contribution is 6.09. The predicted molar refractivity (Wildman–Crippen MR) is 103 cm³/mol. The molecule has 0 aliphatic rings. The number of carbonyl (C=O) groups is 2. The second-order valence-electron chi connectivity index (χ2n) is 7.05. The Balaban J connectivity index is 2.07. The van der Waals surface area contributed by atoms with Gasteiger partial charge in [0.2, 0.25) is 0 Å². The molecule has 1 unspecified atom stereocenters. The van der Waals surface area contributed by atoms with Crippen LogP contribution in [0, 0.1) is 5.82 Å². The first-order chi connectivity index (χ1) is 12.7. The molecule has 27 heavy (non-hydrogen) atoms. The number of hydrogen-bond acceptors (Lipinski definition) is 3. The molecule has 0 saturated heterocycles. The van der Waals surface area contributed by atoms with E-state index in [2.05, 4.69) is 0 Å². The number of halogens is 1. The van der Waals surface area contributed by atoms with Gasteiger partial charge in [-0.25, -0.2) is 4.39 Å². The van der Waals surface area contributed by atoms with E-state index in [1.807, 2.05) is 27.7 Å². The van der Waals surface area contributed by atoms with Crippen molar-refractivity contribution in [2.24, 2.45) is 0 Å². The summed E-state index contributed by atoms with van der Waals surface area (Å²) in [7, 11) is 0. The van der Waals surface area contributed by atoms with Crippen LogP contribution in [-0.2, 0) is 4.79 Å². The van der Waals surface area contributed by atoms with Gasteiger partial charge in [-0.1, -0.05) is 0 Å². The number of rotatable bonds is 7. The minimum Gasteiger partial charge on any atom is -0.481 e. The molecule has 0 saturated carbocycles. The standard InChI is InChI=1S/C22H26FNO3/c1-14(2)24(15(3)4)22(26)16(5)27-20-12-8-18(9-13-20)21(25)17-6-10-19(23)11-7-17/h6-16H,1-5H3. The minimum absolute atomic E-state index is 0.0773. The number of carbonyl (C=O) groups excluding carboxylic acids is 2. The lowest BCUT2D eigenvalue weighted by molar-refractivity contribution is -0.141. The molecule has 0 N–H and O–H groups in total. The highest BCUT2D eigenvalue weighted by Crippen LogP contribution is 2.18. The predicted octanol–water partition coefficient (Wildman–Crippen LogP) is 4.47. The molecular weight excluding hydrogens is 345 g/mol. The Labute approximate surface area is 159 Å². The van der Waals surface area contributed by atoms with Gasteiger partial charge in [-0.2, -0.15) is 0 Å². The Hall–Kier alpha value is -2.69. The van der Waals surface area contributed by atoms with Crippen LogP contribution < -0.4 is 4.74 Å². The number of ether oxygens (including phenoxy) is 1. The van der Waals surface area contributed by atoms with Gasteiger partial charge in [0.05, 0.1) is 0 Å². The van der Waals surface area contributed by atoms with Gasteiger partial charge in [0.15, 0.2) is 11.9 Å². The van der Waals surface area contributed by atoms with Crippen molar-refractivity contribution in [2.75, 3.05) is 0 Å². The summed E-state index contributed by atoms with van der Waals surface area (Å²) in [5.74, 6) is -0.146. The van der Waals surface area contributed by atoms with Gasteiger partial charge in [-0.05, 0) is 83.1 Å². The summed E-state index contributed by atoms with van der Waals surface area (Å²) >= 11 is 0. The number of ketones is 1. The molecule has 0 aromatic heterocycles. The Morgan fingerprint density at radius 3 is 1.70 bits per heavy atom. The summed E-state index contributed by atoms with van der Waals surface area (Å²) in [5, 5.41) is 0. The Kier molecular flexibility index (Phi) is 6.72. The molecule has 1 atom stereocenters. The van der Waals surface area contributed by atoms with Gasteiger partial charge < -0.3 is 9.64 Å². The van der Waals surface area contributed by atoms with E-state index >= 15 is 0 Å². The molecule has 1 amide bonds. The van der Waals surface area contributed by atoms with Crippen LogP contribution in [0.4, 0.5) is 4.39 Å². The normalized spacial score (nSPS) is 12.1. The third kappa shape index (κ3) is 5.16. The lowest BCUT2D eigenvalue weighted by Crippen LogP contribution is -2.47. The van der Waals surface area contributed by atoms with Crippen LogP contribution in [0.5, 0.6) is 5.75 Å². The van der Waals surface area contributed by atoms with Gasteiger partial charge in [0.1, 0.15) is 11.6 Å². The van der Waals surface area contributed by atoms with Crippen LogP contribution in [0.1, 0.15) is 50.5 Å². The van der Waals surface area contributed by atoms with Crippen molar-refractivity contribution in [3.63, 3.8) is 0 Å². The maximum absolute atomic E-state index is 13.0. The van der Waals surface area contributed by atoms with E-state index in [0.717, 1.165) is 0 Å². The van der Waals surface area contributed by atoms with E-state index in [9.17, 15) is 14.0 Å². The zero-order valence-electron chi connectivity index (χ0n) is 16.4. The Morgan fingerprint density at radius 2 is 1.26 bits per heavy atom. The number of amides is 1. The maximum Gasteiger partial charge on any atom is 0.263 e. The van der Waals surface area contributed by atoms with Crippen molar-refractivity contribution in [1.29, 1.82) is 0 Å². The van der Waals surface area contributed by atoms with Crippen LogP contribution in [0.2, 0.25) is 0 Å². The summed E-state index contributed by atoms with van der Waals surface area (Å²) in [6.45, 7) is 9.61. The average molecular weight is 371 g/mol. The fourth-order valence-corrected chi connectivity index (χ4v) is 3.02. The third-order valence-electron chi connectivity index (χ3n) is 4.25. The van der Waals surface area contributed by atoms with Crippen LogP contribution >= 0.6 is 0 Å². The second-order valence-corrected chi connectivity index (χ2v) is 7.05. The number of hydrogen-bond donors (Lipinski definition) is 0. The van der Waals surface area contributed by atoms with Crippen molar-refractivity contribution in [1.82, 2.24) is 4.90 Å². The quantitative estimate of drug-likeness (QED) is 0.675. The molecule has 144 valence electrons. The Morgan fingerprint density at radius 1 is 0.815 bits per heavy atom. The first-order valence-corrected chi connectivity index (χ1v) is 9.10. The largest absolute Gasteiger partial charge is 0.481 e. The van der Waals surface area contributed by atoms with Crippen molar-refractivity contribution in [3.8, 4) is 5.75 Å². The Bertz CT molecular complexity index is 774. The zero-order chi connectivity index (χ0) is 20.1. The van der Waals surface area contributed by atoms with Gasteiger partial charge >= 0.3 is 0 Å². The van der Waals surface area contributed by atoms with E-state index in [1.54, 1.807) is 36.1 Å². The van der Waals surface area contributed by atoms with Crippen molar-refractivity contribution in [3.05, 3.63) is 65.5 Å². The van der Waals surface area contributed by atoms with E-state index in [0.29, 0.717) is 16.9 Å². The van der Waals surface area contributed by atoms with E-state index < -0.39 is 6.10 Å². The summed E-state index contributed by atoms with van der Waals surface area (Å²) in [6.07, 6.45) is -0.631. The molecule has 0 aliphatic carbocycles. The van der Waals surface area contributed by atoms with Crippen molar-refractivity contribution >= 4 is 11.7 Å². The molecular formula is C22H26FNO3. The van der Waals surface area contributed by atoms with Crippen LogP contribution in [0.25, 0.3) is 0 Å². The van der Waals surface area contributed by atoms with E-state index in [1.165, 1.54) is 24.3 Å². The van der Waals surface area contributed by atoms with Gasteiger partial charge in [-0.3, -0.25) is 9.59 Å². The molecule has 4 nitrogen and oxygen atoms in total. The van der Waals surface area contributed by atoms with E-state index in [-0.39, 0.29) is 29.6 Å². The lowest BCUT2D eigenvalue weighted by atomic mass is 10.0. The molecule has 0 spiro atoms. The summed E-state index contributed by atoms with van der Waals surface area (Å²) < 4.78 is 18.8. The molecule has 5 heteroatoms. The summed E-state index contributed by atoms with van der Waals surface area (Å²) in [4.78, 5) is 26.8. The molecule has 0 fully saturated rings. The first-order valence-electron chi connectivity index (χ1n) is 9.10. The maximum atomic E-state index is 13.0. The monoisotopic (exact) mass is 371 g/mol. The molecule has 0 heterocycles. The fraction of sp³-hybridized carbons (Fsp3) is 0.364. The SMILES string of the molecule is CC(Oc1ccc(C(=O)c2ccc(F)cc2)cc1)C(=O)N(C(C)C)C(C)C. The first kappa shape index (κ1) is 20.6. The molecule has 2 aromatic carbocycles. The van der Waals surface area contributed by atoms with Crippen molar-refractivity contribution in [2.45, 2.75) is 52.8 Å². The number of benzene rings is 2. The van der Waals surface area contributed by atoms with Gasteiger partial charge in [0.25, 0.3) is 5.91 Å². The van der Waals surface area contributed by atoms with Gasteiger partial charge in [-0.15, -0.1) is 0 Å². The highest BCUT2D eigenvalue weighted by Gasteiger charge is 2.26. The molecule has 0 aliphatic heterocycles. The van der Waals surface area contributed by atoms with Crippen LogP contribution in [-0.4, -0.2) is 34.8 Å². The second kappa shape index (κ2) is 8.80. The molecule has 2 aromatic rings. The van der Waals surface area contributed by atoms with E-state index in [4.69, 9.17) is 4.74 Å². The summed E-state index contributed by atoms with van der Waals surface area (Å²) in [6, 6.07) is 12.2. The summed E-state index contributed by atoms with van der Waals surface area (Å²) in [5.41, 5.74) is 0.886. The smallest absolute Gasteiger partial charge is 0.263 e.